The maximum Gasteiger partial charge on any atom is 0.0192 e. The molecular weight excluding hydrogens is 230 g/mol. The Balaban J connectivity index is 2.88. The minimum atomic E-state index is 1.09. The normalized spacial score (nSPS) is 11.1. The van der Waals surface area contributed by atoms with Crippen LogP contribution in [0.4, 0.5) is 0 Å². The molecule has 114 valence electrons. The van der Waals surface area contributed by atoms with E-state index in [1.807, 2.05) is 0 Å². The summed E-state index contributed by atoms with van der Waals surface area (Å²) >= 11 is 0. The molecule has 0 aromatic carbocycles. The Labute approximate surface area is 122 Å². The second-order valence-corrected chi connectivity index (χ2v) is 5.83. The van der Waals surface area contributed by atoms with Crippen molar-refractivity contribution in [3.8, 4) is 0 Å². The molecule has 0 heterocycles. The van der Waals surface area contributed by atoms with Crippen molar-refractivity contribution in [2.75, 3.05) is 0 Å². The Morgan fingerprint density at radius 1 is 0.526 bits per heavy atom. The summed E-state index contributed by atoms with van der Waals surface area (Å²) in [6, 6.07) is 0. The van der Waals surface area contributed by atoms with Crippen LogP contribution >= 0.6 is 0 Å². The average molecular weight is 268 g/mol. The van der Waals surface area contributed by atoms with Crippen LogP contribution in [-0.4, -0.2) is 0 Å². The van der Waals surface area contributed by atoms with Crippen LogP contribution in [-0.2, 0) is 0 Å². The van der Waals surface area contributed by atoms with Crippen LogP contribution in [0, 0.1) is 13.5 Å². The minimum absolute atomic E-state index is 1.09. The lowest BCUT2D eigenvalue weighted by atomic mass is 10.0. The molecule has 0 aliphatic heterocycles. The predicted octanol–water partition coefficient (Wildman–Crippen LogP) is 6.18. The fourth-order valence-electron chi connectivity index (χ4n) is 2.56. The summed E-state index contributed by atoms with van der Waals surface area (Å²) in [6.07, 6.45) is 22.0. The zero-order valence-corrected chi connectivity index (χ0v) is 13.2. The average Bonchev–Trinajstić information content (AvgIpc) is 2.43. The van der Waals surface area contributed by atoms with Crippen LogP contribution in [0.5, 0.6) is 0 Å². The molecule has 0 atom stereocenters. The van der Waals surface area contributed by atoms with E-state index in [0.29, 0.717) is 0 Å². The van der Waals surface area contributed by atoms with Gasteiger partial charge in [-0.05, 0) is 6.42 Å². The molecule has 1 nitrogen and oxygen atoms in total. The summed E-state index contributed by atoms with van der Waals surface area (Å²) in [5.74, 6) is 0. The van der Waals surface area contributed by atoms with Crippen molar-refractivity contribution in [3.05, 3.63) is 13.5 Å². The van der Waals surface area contributed by atoms with E-state index in [4.69, 9.17) is 5.73 Å². The molecule has 0 saturated heterocycles. The van der Waals surface area contributed by atoms with E-state index >= 15 is 0 Å². The van der Waals surface area contributed by atoms with Gasteiger partial charge in [-0.2, -0.15) is 0 Å². The van der Waals surface area contributed by atoms with Crippen molar-refractivity contribution in [1.82, 2.24) is 0 Å². The molecular formula is C18H37N. The molecule has 0 aliphatic carbocycles. The van der Waals surface area contributed by atoms with Crippen molar-refractivity contribution in [2.24, 2.45) is 5.73 Å². The van der Waals surface area contributed by atoms with Crippen molar-refractivity contribution in [2.45, 2.75) is 103 Å². The lowest BCUT2D eigenvalue weighted by Gasteiger charge is -2.03. The Kier molecular flexibility index (Phi) is 17.9. The number of hydrogen-bond acceptors (Lipinski definition) is 1. The quantitative estimate of drug-likeness (QED) is 0.332. The van der Waals surface area contributed by atoms with Gasteiger partial charge in [-0.1, -0.05) is 103 Å². The topological polar surface area (TPSA) is 26.0 Å². The van der Waals surface area contributed by atoms with Gasteiger partial charge in [0, 0.05) is 6.54 Å². The lowest BCUT2D eigenvalue weighted by Crippen LogP contribution is -1.89. The molecule has 1 heteroatoms. The van der Waals surface area contributed by atoms with Gasteiger partial charge in [0.25, 0.3) is 0 Å². The maximum absolute atomic E-state index is 5.36. The molecule has 2 N–H and O–H groups in total. The maximum atomic E-state index is 5.36. The molecule has 19 heavy (non-hydrogen) atoms. The summed E-state index contributed by atoms with van der Waals surface area (Å²) in [5.41, 5.74) is 5.36. The summed E-state index contributed by atoms with van der Waals surface area (Å²) in [4.78, 5) is 0. The first-order valence-corrected chi connectivity index (χ1v) is 8.74. The van der Waals surface area contributed by atoms with E-state index in [0.717, 1.165) is 12.8 Å². The van der Waals surface area contributed by atoms with Crippen LogP contribution in [0.25, 0.3) is 0 Å². The van der Waals surface area contributed by atoms with Gasteiger partial charge in [0.2, 0.25) is 0 Å². The molecule has 0 spiro atoms. The third kappa shape index (κ3) is 18.0. The highest BCUT2D eigenvalue weighted by Crippen LogP contribution is 2.13. The molecule has 0 aliphatic rings. The summed E-state index contributed by atoms with van der Waals surface area (Å²) in [6.45, 7) is 5.67. The lowest BCUT2D eigenvalue weighted by molar-refractivity contribution is 0.533. The summed E-state index contributed by atoms with van der Waals surface area (Å²) in [7, 11) is 0. The smallest absolute Gasteiger partial charge is 0.0192 e. The molecule has 0 fully saturated rings. The minimum Gasteiger partial charge on any atom is -0.326 e. The van der Waals surface area contributed by atoms with E-state index in [1.165, 1.54) is 89.9 Å². The van der Waals surface area contributed by atoms with E-state index in [-0.39, 0.29) is 0 Å². The zero-order valence-electron chi connectivity index (χ0n) is 13.2. The first-order valence-electron chi connectivity index (χ1n) is 8.74. The first kappa shape index (κ1) is 19.0. The first-order chi connectivity index (χ1) is 9.41. The van der Waals surface area contributed by atoms with Crippen molar-refractivity contribution in [3.63, 3.8) is 0 Å². The van der Waals surface area contributed by atoms with Crippen LogP contribution in [0.3, 0.4) is 0 Å². The van der Waals surface area contributed by atoms with Gasteiger partial charge < -0.3 is 5.73 Å². The molecule has 0 rings (SSSR count). The second-order valence-electron chi connectivity index (χ2n) is 5.83. The van der Waals surface area contributed by atoms with Gasteiger partial charge >= 0.3 is 0 Å². The number of rotatable bonds is 16. The van der Waals surface area contributed by atoms with Crippen molar-refractivity contribution in [1.29, 1.82) is 0 Å². The van der Waals surface area contributed by atoms with Gasteiger partial charge in [-0.3, -0.25) is 0 Å². The van der Waals surface area contributed by atoms with Crippen molar-refractivity contribution < 1.29 is 0 Å². The van der Waals surface area contributed by atoms with E-state index < -0.39 is 0 Å². The van der Waals surface area contributed by atoms with E-state index in [2.05, 4.69) is 6.92 Å². The third-order valence-corrected chi connectivity index (χ3v) is 3.87. The van der Waals surface area contributed by atoms with E-state index in [9.17, 15) is 0 Å². The standard InChI is InChI=1S/C18H37N/c1-2-3-4-5-6-7-8-9-10-11-12-13-14-15-16-17-18-19/h18H,1-17,19H2. The molecule has 2 radical (unpaired) electrons. The predicted molar refractivity (Wildman–Crippen MR) is 87.7 cm³/mol. The van der Waals surface area contributed by atoms with Gasteiger partial charge in [0.05, 0.1) is 0 Å². The molecule has 0 amide bonds. The Bertz CT molecular complexity index is 129. The second kappa shape index (κ2) is 18.0. The zero-order chi connectivity index (χ0) is 14.0. The summed E-state index contributed by atoms with van der Waals surface area (Å²) < 4.78 is 0. The highest BCUT2D eigenvalue weighted by Gasteiger charge is 1.94. The number of unbranched alkanes of at least 4 members (excludes halogenated alkanes) is 15. The third-order valence-electron chi connectivity index (χ3n) is 3.87. The number of hydrogen-bond donors (Lipinski definition) is 1. The van der Waals surface area contributed by atoms with E-state index in [1.54, 1.807) is 6.54 Å². The monoisotopic (exact) mass is 267 g/mol. The highest BCUT2D eigenvalue weighted by atomic mass is 14.5. The Morgan fingerprint density at radius 3 is 1.16 bits per heavy atom. The summed E-state index contributed by atoms with van der Waals surface area (Å²) in [5, 5.41) is 0. The Hall–Kier alpha value is -0.0400. The van der Waals surface area contributed by atoms with Gasteiger partial charge in [0.15, 0.2) is 0 Å². The number of nitrogens with two attached hydrogens (primary N) is 1. The van der Waals surface area contributed by atoms with Crippen LogP contribution in [0.1, 0.15) is 103 Å². The van der Waals surface area contributed by atoms with Crippen LogP contribution < -0.4 is 5.73 Å². The molecule has 0 aromatic rings. The molecule has 0 aromatic heterocycles. The highest BCUT2D eigenvalue weighted by molar-refractivity contribution is 4.54. The Morgan fingerprint density at radius 2 is 0.842 bits per heavy atom. The SMILES string of the molecule is [CH2]CCCCCCCCCCCCCCCC[CH]N. The van der Waals surface area contributed by atoms with Crippen LogP contribution in [0.2, 0.25) is 0 Å². The molecule has 0 saturated carbocycles. The van der Waals surface area contributed by atoms with Gasteiger partial charge in [0.1, 0.15) is 0 Å². The fourth-order valence-corrected chi connectivity index (χ4v) is 2.56. The van der Waals surface area contributed by atoms with Crippen molar-refractivity contribution >= 4 is 0 Å². The van der Waals surface area contributed by atoms with Gasteiger partial charge in [-0.15, -0.1) is 0 Å². The molecule has 0 bridgehead atoms. The van der Waals surface area contributed by atoms with Gasteiger partial charge in [-0.25, -0.2) is 0 Å². The largest absolute Gasteiger partial charge is 0.326 e. The fraction of sp³-hybridized carbons (Fsp3) is 0.889. The van der Waals surface area contributed by atoms with Crippen LogP contribution in [0.15, 0.2) is 0 Å². The molecule has 0 unspecified atom stereocenters.